The number of carbonyl (C=O) groups excluding carboxylic acids is 1. The molecule has 0 aliphatic rings. The van der Waals surface area contributed by atoms with Crippen LogP contribution in [0, 0.1) is 0 Å². The Labute approximate surface area is 96.8 Å². The topological polar surface area (TPSA) is 55.6 Å². The lowest BCUT2D eigenvalue weighted by atomic mass is 10.2. The summed E-state index contributed by atoms with van der Waals surface area (Å²) in [5, 5.41) is 0. The van der Waals surface area contributed by atoms with Gasteiger partial charge in [-0.3, -0.25) is 9.69 Å². The Hall–Kier alpha value is -0.680. The number of carbonyl (C=O) groups is 1. The van der Waals surface area contributed by atoms with Gasteiger partial charge < -0.3 is 10.5 Å². The van der Waals surface area contributed by atoms with Crippen LogP contribution >= 0.6 is 12.2 Å². The minimum atomic E-state index is -0.220. The molecule has 0 radical (unpaired) electrons. The highest BCUT2D eigenvalue weighted by Gasteiger charge is 2.15. The van der Waals surface area contributed by atoms with E-state index in [1.165, 1.54) is 0 Å². The van der Waals surface area contributed by atoms with Crippen molar-refractivity contribution in [2.24, 2.45) is 5.73 Å². The van der Waals surface area contributed by atoms with Gasteiger partial charge in [-0.1, -0.05) is 12.2 Å². The van der Waals surface area contributed by atoms with E-state index < -0.39 is 0 Å². The van der Waals surface area contributed by atoms with Crippen LogP contribution < -0.4 is 5.73 Å². The summed E-state index contributed by atoms with van der Waals surface area (Å²) < 4.78 is 5.03. The highest BCUT2D eigenvalue weighted by Crippen LogP contribution is 2.02. The zero-order valence-electron chi connectivity index (χ0n) is 9.82. The molecule has 15 heavy (non-hydrogen) atoms. The van der Waals surface area contributed by atoms with Gasteiger partial charge in [-0.2, -0.15) is 0 Å². The van der Waals surface area contributed by atoms with Crippen LogP contribution in [0.4, 0.5) is 0 Å². The van der Waals surface area contributed by atoms with Crippen molar-refractivity contribution in [3.63, 3.8) is 0 Å². The van der Waals surface area contributed by atoms with E-state index in [2.05, 4.69) is 0 Å². The summed E-state index contributed by atoms with van der Waals surface area (Å²) in [5.41, 5.74) is 5.43. The second-order valence-corrected chi connectivity index (χ2v) is 4.50. The molecule has 0 amide bonds. The maximum Gasteiger partial charge on any atom is 0.320 e. The van der Waals surface area contributed by atoms with Crippen molar-refractivity contribution in [3.05, 3.63) is 0 Å². The molecule has 0 aliphatic heterocycles. The van der Waals surface area contributed by atoms with Crippen molar-refractivity contribution in [2.45, 2.75) is 39.3 Å². The zero-order valence-corrected chi connectivity index (χ0v) is 10.6. The number of rotatable bonds is 6. The quantitative estimate of drug-likeness (QED) is 0.545. The van der Waals surface area contributed by atoms with E-state index in [1.54, 1.807) is 0 Å². The molecule has 0 saturated heterocycles. The first-order valence-corrected chi connectivity index (χ1v) is 5.41. The second-order valence-electron chi connectivity index (χ2n) is 3.97. The van der Waals surface area contributed by atoms with E-state index >= 15 is 0 Å². The molecule has 0 aliphatic carbocycles. The van der Waals surface area contributed by atoms with Gasteiger partial charge in [-0.05, 0) is 27.8 Å². The van der Waals surface area contributed by atoms with Gasteiger partial charge in [0, 0.05) is 12.5 Å². The minimum Gasteiger partial charge on any atom is -0.462 e. The molecule has 0 bridgehead atoms. The minimum absolute atomic E-state index is 0.0724. The van der Waals surface area contributed by atoms with E-state index in [-0.39, 0.29) is 24.7 Å². The van der Waals surface area contributed by atoms with Crippen LogP contribution in [0.1, 0.15) is 27.2 Å². The van der Waals surface area contributed by atoms with Gasteiger partial charge in [0.05, 0.1) is 17.6 Å². The van der Waals surface area contributed by atoms with Crippen molar-refractivity contribution >= 4 is 23.2 Å². The third-order valence-electron chi connectivity index (χ3n) is 1.99. The summed E-state index contributed by atoms with van der Waals surface area (Å²) in [5.74, 6) is -0.220. The number of hydrogen-bond donors (Lipinski definition) is 1. The molecule has 1 unspecified atom stereocenters. The van der Waals surface area contributed by atoms with Crippen LogP contribution in [-0.2, 0) is 9.53 Å². The van der Waals surface area contributed by atoms with Crippen molar-refractivity contribution in [1.82, 2.24) is 4.90 Å². The van der Waals surface area contributed by atoms with E-state index in [4.69, 9.17) is 22.7 Å². The fourth-order valence-electron chi connectivity index (χ4n) is 1.11. The fourth-order valence-corrected chi connectivity index (χ4v) is 1.35. The van der Waals surface area contributed by atoms with Crippen molar-refractivity contribution in [1.29, 1.82) is 0 Å². The predicted molar refractivity (Wildman–Crippen MR) is 64.7 cm³/mol. The molecule has 0 rings (SSSR count). The van der Waals surface area contributed by atoms with E-state index in [1.807, 2.05) is 32.7 Å². The molecule has 0 saturated carbocycles. The summed E-state index contributed by atoms with van der Waals surface area (Å²) in [4.78, 5) is 13.7. The fraction of sp³-hybridized carbons (Fsp3) is 0.800. The molecule has 2 N–H and O–H groups in total. The van der Waals surface area contributed by atoms with Gasteiger partial charge >= 0.3 is 5.97 Å². The smallest absolute Gasteiger partial charge is 0.320 e. The lowest BCUT2D eigenvalue weighted by Gasteiger charge is -2.23. The van der Waals surface area contributed by atoms with E-state index in [9.17, 15) is 4.79 Å². The maximum absolute atomic E-state index is 11.3. The molecule has 0 aromatic carbocycles. The third-order valence-corrected chi connectivity index (χ3v) is 2.16. The number of hydrogen-bond acceptors (Lipinski definition) is 4. The maximum atomic E-state index is 11.3. The number of likely N-dealkylation sites (N-methyl/N-ethyl adjacent to an activating group) is 1. The molecular formula is C10H20N2O2S. The van der Waals surface area contributed by atoms with Crippen LogP contribution in [0.5, 0.6) is 0 Å². The molecule has 0 fully saturated rings. The zero-order chi connectivity index (χ0) is 12.0. The Morgan fingerprint density at radius 1 is 1.47 bits per heavy atom. The summed E-state index contributed by atoms with van der Waals surface area (Å²) in [6, 6.07) is 0.155. The number of nitrogens with zero attached hydrogens (tertiary/aromatic N) is 1. The molecule has 0 aromatic rings. The number of ether oxygens (including phenoxy) is 1. The normalized spacial score (nSPS) is 12.9. The van der Waals surface area contributed by atoms with Gasteiger partial charge in [0.1, 0.15) is 0 Å². The SMILES string of the molecule is CC(C)OC(=O)CN(C)C(C)CC(N)=S. The number of nitrogens with two attached hydrogens (primary N) is 1. The largest absolute Gasteiger partial charge is 0.462 e. The molecule has 0 spiro atoms. The summed E-state index contributed by atoms with van der Waals surface area (Å²) in [7, 11) is 1.85. The van der Waals surface area contributed by atoms with Gasteiger partial charge in [-0.25, -0.2) is 0 Å². The van der Waals surface area contributed by atoms with Gasteiger partial charge in [0.15, 0.2) is 0 Å². The Balaban J connectivity index is 3.95. The Morgan fingerprint density at radius 2 is 2.00 bits per heavy atom. The predicted octanol–water partition coefficient (Wildman–Crippen LogP) is 0.934. The number of esters is 1. The van der Waals surface area contributed by atoms with Crippen LogP contribution in [-0.4, -0.2) is 41.6 Å². The first-order chi connectivity index (χ1) is 6.82. The van der Waals surface area contributed by atoms with Crippen LogP contribution in [0.25, 0.3) is 0 Å². The standard InChI is InChI=1S/C10H20N2O2S/c1-7(2)14-10(13)6-12(4)8(3)5-9(11)15/h7-8H,5-6H2,1-4H3,(H2,11,15). The molecule has 0 aromatic heterocycles. The molecule has 5 heteroatoms. The Kier molecular flexibility index (Phi) is 6.43. The van der Waals surface area contributed by atoms with Crippen LogP contribution in [0.15, 0.2) is 0 Å². The highest BCUT2D eigenvalue weighted by atomic mass is 32.1. The average Bonchev–Trinajstić information content (AvgIpc) is 2.00. The first kappa shape index (κ1) is 14.3. The van der Waals surface area contributed by atoms with Gasteiger partial charge in [0.2, 0.25) is 0 Å². The monoisotopic (exact) mass is 232 g/mol. The van der Waals surface area contributed by atoms with Crippen LogP contribution in [0.2, 0.25) is 0 Å². The summed E-state index contributed by atoms with van der Waals surface area (Å²) >= 11 is 4.81. The lowest BCUT2D eigenvalue weighted by Crippen LogP contribution is -2.37. The van der Waals surface area contributed by atoms with Crippen molar-refractivity contribution < 1.29 is 9.53 Å². The third kappa shape index (κ3) is 7.27. The highest BCUT2D eigenvalue weighted by molar-refractivity contribution is 7.80. The van der Waals surface area contributed by atoms with Crippen molar-refractivity contribution in [2.75, 3.05) is 13.6 Å². The Bertz CT molecular complexity index is 231. The number of thiocarbonyl (C=S) groups is 1. The van der Waals surface area contributed by atoms with E-state index in [0.717, 1.165) is 0 Å². The lowest BCUT2D eigenvalue weighted by molar-refractivity contribution is -0.148. The van der Waals surface area contributed by atoms with Crippen LogP contribution in [0.3, 0.4) is 0 Å². The average molecular weight is 232 g/mol. The first-order valence-electron chi connectivity index (χ1n) is 5.01. The molecule has 1 atom stereocenters. The summed E-state index contributed by atoms with van der Waals surface area (Å²) in [6.45, 7) is 5.90. The summed E-state index contributed by atoms with van der Waals surface area (Å²) in [6.07, 6.45) is 0.539. The van der Waals surface area contributed by atoms with E-state index in [0.29, 0.717) is 11.4 Å². The molecular weight excluding hydrogens is 212 g/mol. The molecule has 4 nitrogen and oxygen atoms in total. The van der Waals surface area contributed by atoms with Gasteiger partial charge in [-0.15, -0.1) is 0 Å². The van der Waals surface area contributed by atoms with Crippen molar-refractivity contribution in [3.8, 4) is 0 Å². The molecule has 88 valence electrons. The molecule has 0 heterocycles. The Morgan fingerprint density at radius 3 is 2.40 bits per heavy atom. The second kappa shape index (κ2) is 6.74. The van der Waals surface area contributed by atoms with Gasteiger partial charge in [0.25, 0.3) is 0 Å².